The number of rotatable bonds is 2. The summed E-state index contributed by atoms with van der Waals surface area (Å²) in [4.78, 5) is 26.6. The molecule has 6 nitrogen and oxygen atoms in total. The van der Waals surface area contributed by atoms with E-state index in [1.165, 1.54) is 12.3 Å². The van der Waals surface area contributed by atoms with Gasteiger partial charge in [0.1, 0.15) is 5.82 Å². The minimum absolute atomic E-state index is 0.0735. The fraction of sp³-hybridized carbons (Fsp3) is 0.300. The number of carbonyl (C=O) groups excluding carboxylic acids is 2. The molecule has 90 valence electrons. The zero-order valence-corrected chi connectivity index (χ0v) is 9.62. The van der Waals surface area contributed by atoms with Gasteiger partial charge in [0.2, 0.25) is 5.91 Å². The summed E-state index contributed by atoms with van der Waals surface area (Å²) >= 11 is 5.84. The molecule has 1 aromatic heterocycles. The molecule has 2 rings (SSSR count). The number of aromatic nitrogens is 1. The molecule has 2 amide bonds. The van der Waals surface area contributed by atoms with Crippen molar-refractivity contribution in [2.45, 2.75) is 12.5 Å². The van der Waals surface area contributed by atoms with Crippen LogP contribution in [0.15, 0.2) is 12.3 Å². The van der Waals surface area contributed by atoms with Crippen LogP contribution < -0.4 is 16.4 Å². The summed E-state index contributed by atoms with van der Waals surface area (Å²) in [6.45, 7) is 0.433. The number of amides is 2. The molecule has 1 saturated heterocycles. The molecule has 1 atom stereocenters. The number of anilines is 1. The molecule has 1 unspecified atom stereocenters. The Morgan fingerprint density at radius 2 is 2.41 bits per heavy atom. The molecule has 0 radical (unpaired) electrons. The van der Waals surface area contributed by atoms with Crippen LogP contribution >= 0.6 is 11.6 Å². The highest BCUT2D eigenvalue weighted by Crippen LogP contribution is 2.16. The average Bonchev–Trinajstić information content (AvgIpc) is 2.67. The molecule has 17 heavy (non-hydrogen) atoms. The molecule has 4 N–H and O–H groups in total. The molecule has 1 aliphatic rings. The number of pyridine rings is 1. The maximum Gasteiger partial charge on any atom is 0.253 e. The van der Waals surface area contributed by atoms with Gasteiger partial charge in [0.25, 0.3) is 5.91 Å². The van der Waals surface area contributed by atoms with Crippen LogP contribution in [0.4, 0.5) is 5.82 Å². The first-order valence-electron chi connectivity index (χ1n) is 5.05. The molecule has 0 aliphatic carbocycles. The Morgan fingerprint density at radius 3 is 3.06 bits per heavy atom. The maximum absolute atomic E-state index is 11.9. The topological polar surface area (TPSA) is 97.1 Å². The molecule has 0 spiro atoms. The van der Waals surface area contributed by atoms with Crippen molar-refractivity contribution < 1.29 is 9.59 Å². The Morgan fingerprint density at radius 1 is 1.65 bits per heavy atom. The van der Waals surface area contributed by atoms with Gasteiger partial charge < -0.3 is 16.4 Å². The van der Waals surface area contributed by atoms with Crippen LogP contribution in [0.1, 0.15) is 16.8 Å². The van der Waals surface area contributed by atoms with Crippen LogP contribution in [0.25, 0.3) is 0 Å². The van der Waals surface area contributed by atoms with E-state index in [0.717, 1.165) is 0 Å². The van der Waals surface area contributed by atoms with E-state index in [9.17, 15) is 9.59 Å². The van der Waals surface area contributed by atoms with Crippen LogP contribution in [-0.4, -0.2) is 29.4 Å². The summed E-state index contributed by atoms with van der Waals surface area (Å²) in [7, 11) is 0. The van der Waals surface area contributed by atoms with Gasteiger partial charge in [-0.2, -0.15) is 0 Å². The minimum Gasteiger partial charge on any atom is -0.384 e. The van der Waals surface area contributed by atoms with E-state index >= 15 is 0 Å². The number of halogens is 1. The smallest absolute Gasteiger partial charge is 0.253 e. The minimum atomic E-state index is -0.356. The number of nitrogens with zero attached hydrogens (tertiary/aromatic N) is 1. The van der Waals surface area contributed by atoms with Gasteiger partial charge in [0, 0.05) is 19.2 Å². The highest BCUT2D eigenvalue weighted by molar-refractivity contribution is 6.33. The number of nitrogens with one attached hydrogen (secondary N) is 2. The summed E-state index contributed by atoms with van der Waals surface area (Å²) < 4.78 is 0. The van der Waals surface area contributed by atoms with Crippen molar-refractivity contribution in [3.05, 3.63) is 22.8 Å². The van der Waals surface area contributed by atoms with E-state index in [1.54, 1.807) is 0 Å². The molecule has 0 saturated carbocycles. The van der Waals surface area contributed by atoms with Gasteiger partial charge in [-0.1, -0.05) is 11.6 Å². The number of hydrogen-bond acceptors (Lipinski definition) is 4. The molecule has 0 aromatic carbocycles. The summed E-state index contributed by atoms with van der Waals surface area (Å²) in [5.41, 5.74) is 5.74. The Kier molecular flexibility index (Phi) is 3.14. The molecule has 0 bridgehead atoms. The van der Waals surface area contributed by atoms with Crippen LogP contribution in [0.3, 0.4) is 0 Å². The molecular weight excluding hydrogens is 244 g/mol. The summed E-state index contributed by atoms with van der Waals surface area (Å²) in [6, 6.07) is 1.20. The Labute approximate surface area is 103 Å². The average molecular weight is 255 g/mol. The fourth-order valence-corrected chi connectivity index (χ4v) is 1.79. The quantitative estimate of drug-likeness (QED) is 0.689. The van der Waals surface area contributed by atoms with Crippen LogP contribution in [-0.2, 0) is 4.79 Å². The van der Waals surface area contributed by atoms with Crippen molar-refractivity contribution in [1.29, 1.82) is 0 Å². The van der Waals surface area contributed by atoms with E-state index in [2.05, 4.69) is 15.6 Å². The lowest BCUT2D eigenvalue weighted by molar-refractivity contribution is -0.119. The second kappa shape index (κ2) is 4.58. The third-order valence-electron chi connectivity index (χ3n) is 2.43. The molecule has 1 aromatic rings. The van der Waals surface area contributed by atoms with Gasteiger partial charge in [0.05, 0.1) is 16.6 Å². The predicted octanol–water partition coefficient (Wildman–Crippen LogP) is -0.0645. The zero-order valence-electron chi connectivity index (χ0n) is 8.87. The first-order valence-corrected chi connectivity index (χ1v) is 5.42. The van der Waals surface area contributed by atoms with Crippen molar-refractivity contribution in [1.82, 2.24) is 15.6 Å². The molecule has 2 heterocycles. The van der Waals surface area contributed by atoms with E-state index in [-0.39, 0.29) is 40.7 Å². The number of nitrogen functional groups attached to an aromatic ring is 1. The molecule has 1 aliphatic heterocycles. The SMILES string of the molecule is Nc1cc(C(=O)NC2CNC(=O)C2)c(Cl)cn1. The molecule has 1 fully saturated rings. The lowest BCUT2D eigenvalue weighted by Gasteiger charge is -2.11. The van der Waals surface area contributed by atoms with Crippen molar-refractivity contribution in [3.8, 4) is 0 Å². The van der Waals surface area contributed by atoms with E-state index < -0.39 is 0 Å². The summed E-state index contributed by atoms with van der Waals surface area (Å²) in [5, 5.41) is 5.56. The normalized spacial score (nSPS) is 18.9. The van der Waals surface area contributed by atoms with Gasteiger partial charge in [-0.3, -0.25) is 9.59 Å². The van der Waals surface area contributed by atoms with Crippen LogP contribution in [0, 0.1) is 0 Å². The third-order valence-corrected chi connectivity index (χ3v) is 2.73. The third kappa shape index (κ3) is 2.65. The first kappa shape index (κ1) is 11.7. The molecular formula is C10H11ClN4O2. The maximum atomic E-state index is 11.9. The predicted molar refractivity (Wildman–Crippen MR) is 62.5 cm³/mol. The fourth-order valence-electron chi connectivity index (χ4n) is 1.60. The molecule has 7 heteroatoms. The number of carbonyl (C=O) groups is 2. The Balaban J connectivity index is 2.09. The number of hydrogen-bond donors (Lipinski definition) is 3. The second-order valence-electron chi connectivity index (χ2n) is 3.77. The van der Waals surface area contributed by atoms with Gasteiger partial charge in [-0.25, -0.2) is 4.98 Å². The largest absolute Gasteiger partial charge is 0.384 e. The standard InChI is InChI=1S/C10H11ClN4O2/c11-7-4-13-8(12)2-6(7)10(17)15-5-1-9(16)14-3-5/h2,4-5H,1,3H2,(H2,12,13)(H,14,16)(H,15,17). The first-order chi connectivity index (χ1) is 8.06. The highest BCUT2D eigenvalue weighted by Gasteiger charge is 2.24. The summed E-state index contributed by atoms with van der Waals surface area (Å²) in [5.74, 6) is -0.207. The monoisotopic (exact) mass is 254 g/mol. The highest BCUT2D eigenvalue weighted by atomic mass is 35.5. The Bertz CT molecular complexity index is 477. The van der Waals surface area contributed by atoms with Gasteiger partial charge in [-0.05, 0) is 6.07 Å². The van der Waals surface area contributed by atoms with Crippen molar-refractivity contribution in [3.63, 3.8) is 0 Å². The van der Waals surface area contributed by atoms with E-state index in [4.69, 9.17) is 17.3 Å². The Hall–Kier alpha value is -1.82. The van der Waals surface area contributed by atoms with Crippen LogP contribution in [0.2, 0.25) is 5.02 Å². The second-order valence-corrected chi connectivity index (χ2v) is 4.17. The van der Waals surface area contributed by atoms with E-state index in [0.29, 0.717) is 6.54 Å². The van der Waals surface area contributed by atoms with Crippen molar-refractivity contribution >= 4 is 29.2 Å². The number of nitrogens with two attached hydrogens (primary N) is 1. The zero-order chi connectivity index (χ0) is 12.4. The van der Waals surface area contributed by atoms with Gasteiger partial charge >= 0.3 is 0 Å². The van der Waals surface area contributed by atoms with Gasteiger partial charge in [0.15, 0.2) is 0 Å². The lowest BCUT2D eigenvalue weighted by atomic mass is 10.2. The van der Waals surface area contributed by atoms with Crippen LogP contribution in [0.5, 0.6) is 0 Å². The van der Waals surface area contributed by atoms with E-state index in [1.807, 2.05) is 0 Å². The van der Waals surface area contributed by atoms with Crippen molar-refractivity contribution in [2.75, 3.05) is 12.3 Å². The lowest BCUT2D eigenvalue weighted by Crippen LogP contribution is -2.36. The van der Waals surface area contributed by atoms with Gasteiger partial charge in [-0.15, -0.1) is 0 Å². The van der Waals surface area contributed by atoms with Crippen molar-refractivity contribution in [2.24, 2.45) is 0 Å². The summed E-state index contributed by atoms with van der Waals surface area (Å²) in [6.07, 6.45) is 1.60.